The minimum atomic E-state index is -4.32. The largest absolute Gasteiger partial charge is 0.444 e. The van der Waals surface area contributed by atoms with Crippen molar-refractivity contribution >= 4 is 22.6 Å². The fourth-order valence-corrected chi connectivity index (χ4v) is 1.65. The predicted molar refractivity (Wildman–Crippen MR) is 64.7 cm³/mol. The third-order valence-corrected chi connectivity index (χ3v) is 2.93. The molecule has 17 heavy (non-hydrogen) atoms. The van der Waals surface area contributed by atoms with Crippen molar-refractivity contribution in [3.8, 4) is 11.5 Å². The van der Waals surface area contributed by atoms with Crippen LogP contribution in [-0.2, 0) is 10.6 Å². The minimum absolute atomic E-state index is 0.338. The van der Waals surface area contributed by atoms with Crippen LogP contribution < -0.4 is 0 Å². The summed E-state index contributed by atoms with van der Waals surface area (Å²) < 4.78 is 42.9. The quantitative estimate of drug-likeness (QED) is 0.595. The van der Waals surface area contributed by atoms with Crippen LogP contribution in [0.5, 0.6) is 0 Å². The summed E-state index contributed by atoms with van der Waals surface area (Å²) in [5, 5.41) is 0. The van der Waals surface area contributed by atoms with Crippen molar-refractivity contribution in [2.45, 2.75) is 10.6 Å². The van der Waals surface area contributed by atoms with Crippen molar-refractivity contribution in [2.75, 3.05) is 0 Å². The molecule has 0 fully saturated rings. The Morgan fingerprint density at radius 2 is 1.82 bits per heavy atom. The fourth-order valence-electron chi connectivity index (χ4n) is 1.30. The molecule has 0 saturated carbocycles. The molecule has 0 amide bonds. The van der Waals surface area contributed by atoms with Crippen LogP contribution in [0.1, 0.15) is 11.3 Å². The lowest BCUT2D eigenvalue weighted by Gasteiger charge is -2.05. The molecule has 2 nitrogen and oxygen atoms in total. The van der Waals surface area contributed by atoms with E-state index in [0.717, 1.165) is 17.8 Å². The molecule has 0 aliphatic heterocycles. The van der Waals surface area contributed by atoms with E-state index in [1.807, 2.05) is 0 Å². The molecule has 90 valence electrons. The number of aromatic nitrogens is 1. The van der Waals surface area contributed by atoms with E-state index in [2.05, 4.69) is 27.6 Å². The molecule has 0 spiro atoms. The van der Waals surface area contributed by atoms with Gasteiger partial charge in [0, 0.05) is 9.99 Å². The van der Waals surface area contributed by atoms with Crippen LogP contribution >= 0.6 is 22.6 Å². The third-order valence-electron chi connectivity index (χ3n) is 2.15. The van der Waals surface area contributed by atoms with Crippen molar-refractivity contribution in [2.24, 2.45) is 0 Å². The van der Waals surface area contributed by atoms with E-state index in [1.165, 1.54) is 18.4 Å². The van der Waals surface area contributed by atoms with Crippen LogP contribution in [0.15, 0.2) is 34.9 Å². The van der Waals surface area contributed by atoms with E-state index in [1.54, 1.807) is 0 Å². The molecular formula is C11H7F3INO. The van der Waals surface area contributed by atoms with Crippen LogP contribution in [0.3, 0.4) is 0 Å². The number of benzene rings is 1. The molecule has 2 rings (SSSR count). The van der Waals surface area contributed by atoms with Gasteiger partial charge < -0.3 is 4.42 Å². The number of rotatable bonds is 2. The highest BCUT2D eigenvalue weighted by Gasteiger charge is 2.30. The Hall–Kier alpha value is -1.05. The van der Waals surface area contributed by atoms with Gasteiger partial charge in [-0.2, -0.15) is 13.2 Å². The van der Waals surface area contributed by atoms with Crippen LogP contribution in [0.25, 0.3) is 11.5 Å². The second-order valence-electron chi connectivity index (χ2n) is 3.35. The molecule has 6 heteroatoms. The van der Waals surface area contributed by atoms with Crippen LogP contribution in [0.2, 0.25) is 0 Å². The summed E-state index contributed by atoms with van der Waals surface area (Å²) in [7, 11) is 0. The van der Waals surface area contributed by atoms with E-state index < -0.39 is 11.7 Å². The summed E-state index contributed by atoms with van der Waals surface area (Å²) in [6.07, 6.45) is -2.82. The summed E-state index contributed by atoms with van der Waals surface area (Å²) in [5.74, 6) is 0.338. The molecule has 0 unspecified atom stereocenters. The zero-order chi connectivity index (χ0) is 12.5. The monoisotopic (exact) mass is 353 g/mol. The molecule has 0 radical (unpaired) electrons. The first kappa shape index (κ1) is 12.4. The highest BCUT2D eigenvalue weighted by Crippen LogP contribution is 2.30. The third kappa shape index (κ3) is 2.80. The van der Waals surface area contributed by atoms with Gasteiger partial charge in [0.15, 0.2) is 0 Å². The number of oxazole rings is 1. The van der Waals surface area contributed by atoms with Gasteiger partial charge in [0.1, 0.15) is 6.26 Å². The van der Waals surface area contributed by atoms with Gasteiger partial charge in [-0.1, -0.05) is 22.6 Å². The van der Waals surface area contributed by atoms with Gasteiger partial charge in [-0.3, -0.25) is 0 Å². The lowest BCUT2D eigenvalue weighted by atomic mass is 10.1. The maximum atomic E-state index is 12.3. The normalized spacial score (nSPS) is 11.8. The van der Waals surface area contributed by atoms with E-state index in [9.17, 15) is 13.2 Å². The topological polar surface area (TPSA) is 26.0 Å². The maximum absolute atomic E-state index is 12.3. The average Bonchev–Trinajstić information content (AvgIpc) is 2.76. The molecule has 1 aromatic heterocycles. The molecule has 0 atom stereocenters. The van der Waals surface area contributed by atoms with Crippen LogP contribution in [0, 0.1) is 0 Å². The number of nitrogens with zero attached hydrogens (tertiary/aromatic N) is 1. The standard InChI is InChI=1S/C11H7F3INO/c12-11(13,14)8-3-1-7(2-4-8)10-16-9(5-15)6-17-10/h1-4,6H,5H2. The van der Waals surface area contributed by atoms with Crippen molar-refractivity contribution in [1.82, 2.24) is 4.98 Å². The maximum Gasteiger partial charge on any atom is 0.416 e. The van der Waals surface area contributed by atoms with Crippen molar-refractivity contribution < 1.29 is 17.6 Å². The lowest BCUT2D eigenvalue weighted by molar-refractivity contribution is -0.137. The lowest BCUT2D eigenvalue weighted by Crippen LogP contribution is -2.03. The van der Waals surface area contributed by atoms with Crippen molar-refractivity contribution in [1.29, 1.82) is 0 Å². The van der Waals surface area contributed by atoms with Crippen molar-refractivity contribution in [3.05, 3.63) is 41.8 Å². The Morgan fingerprint density at radius 1 is 1.18 bits per heavy atom. The minimum Gasteiger partial charge on any atom is -0.444 e. The van der Waals surface area contributed by atoms with Gasteiger partial charge in [0.05, 0.1) is 11.3 Å². The highest BCUT2D eigenvalue weighted by molar-refractivity contribution is 14.1. The molecule has 2 aromatic rings. The van der Waals surface area contributed by atoms with Gasteiger partial charge in [0.2, 0.25) is 5.89 Å². The Balaban J connectivity index is 2.29. The molecule has 1 heterocycles. The first-order valence-electron chi connectivity index (χ1n) is 4.68. The Bertz CT molecular complexity index is 504. The molecule has 0 aliphatic carbocycles. The Kier molecular flexibility index (Phi) is 3.41. The van der Waals surface area contributed by atoms with E-state index in [0.29, 0.717) is 15.9 Å². The van der Waals surface area contributed by atoms with Gasteiger partial charge in [-0.05, 0) is 24.3 Å². The van der Waals surface area contributed by atoms with Gasteiger partial charge in [-0.25, -0.2) is 4.98 Å². The fraction of sp³-hybridized carbons (Fsp3) is 0.182. The van der Waals surface area contributed by atoms with Crippen LogP contribution in [0.4, 0.5) is 13.2 Å². The van der Waals surface area contributed by atoms with Gasteiger partial charge >= 0.3 is 6.18 Å². The Labute approximate surface area is 109 Å². The van der Waals surface area contributed by atoms with E-state index >= 15 is 0 Å². The van der Waals surface area contributed by atoms with E-state index in [-0.39, 0.29) is 0 Å². The first-order chi connectivity index (χ1) is 8.00. The SMILES string of the molecule is FC(F)(F)c1ccc(-c2nc(CI)co2)cc1. The number of hydrogen-bond donors (Lipinski definition) is 0. The zero-order valence-corrected chi connectivity index (χ0v) is 10.6. The zero-order valence-electron chi connectivity index (χ0n) is 8.46. The summed E-state index contributed by atoms with van der Waals surface area (Å²) in [6, 6.07) is 4.74. The smallest absolute Gasteiger partial charge is 0.416 e. The van der Waals surface area contributed by atoms with Gasteiger partial charge in [-0.15, -0.1) is 0 Å². The number of alkyl halides is 4. The highest BCUT2D eigenvalue weighted by atomic mass is 127. The van der Waals surface area contributed by atoms with Crippen molar-refractivity contribution in [3.63, 3.8) is 0 Å². The predicted octanol–water partition coefficient (Wildman–Crippen LogP) is 4.30. The summed E-state index contributed by atoms with van der Waals surface area (Å²) >= 11 is 2.13. The summed E-state index contributed by atoms with van der Waals surface area (Å²) in [5.41, 5.74) is 0.622. The summed E-state index contributed by atoms with van der Waals surface area (Å²) in [6.45, 7) is 0. The number of halogens is 4. The number of hydrogen-bond acceptors (Lipinski definition) is 2. The summed E-state index contributed by atoms with van der Waals surface area (Å²) in [4.78, 5) is 4.14. The molecule has 0 N–H and O–H groups in total. The molecule has 0 saturated heterocycles. The van der Waals surface area contributed by atoms with E-state index in [4.69, 9.17) is 4.42 Å². The van der Waals surface area contributed by atoms with Gasteiger partial charge in [0.25, 0.3) is 0 Å². The molecule has 1 aromatic carbocycles. The average molecular weight is 353 g/mol. The second-order valence-corrected chi connectivity index (χ2v) is 4.12. The molecular weight excluding hydrogens is 346 g/mol. The van der Waals surface area contributed by atoms with Crippen LogP contribution in [-0.4, -0.2) is 4.98 Å². The molecule has 0 aliphatic rings. The second kappa shape index (κ2) is 4.67. The molecule has 0 bridgehead atoms. The Morgan fingerprint density at radius 3 is 2.29 bits per heavy atom. The first-order valence-corrected chi connectivity index (χ1v) is 6.21.